The van der Waals surface area contributed by atoms with E-state index in [9.17, 15) is 0 Å². The molecule has 1 heterocycles. The van der Waals surface area contributed by atoms with E-state index in [1.54, 1.807) is 14.2 Å². The molecule has 0 radical (unpaired) electrons. The molecule has 5 nitrogen and oxygen atoms in total. The van der Waals surface area contributed by atoms with Crippen LogP contribution in [-0.4, -0.2) is 39.5 Å². The first-order chi connectivity index (χ1) is 12.4. The maximum atomic E-state index is 5.44. The van der Waals surface area contributed by atoms with Gasteiger partial charge in [0.1, 0.15) is 11.5 Å². The van der Waals surface area contributed by atoms with Gasteiger partial charge in [-0.3, -0.25) is 0 Å². The topological polar surface area (TPSA) is 46.1 Å². The van der Waals surface area contributed by atoms with Gasteiger partial charge in [-0.15, -0.1) is 0 Å². The van der Waals surface area contributed by atoms with Gasteiger partial charge in [-0.2, -0.15) is 5.10 Å². The van der Waals surface area contributed by atoms with Gasteiger partial charge in [-0.05, 0) is 47.9 Å². The summed E-state index contributed by atoms with van der Waals surface area (Å²) in [6.07, 6.45) is 2.94. The van der Waals surface area contributed by atoms with E-state index in [0.717, 1.165) is 23.6 Å². The summed E-state index contributed by atoms with van der Waals surface area (Å²) in [6.45, 7) is 2.23. The van der Waals surface area contributed by atoms with E-state index in [2.05, 4.69) is 41.6 Å². The van der Waals surface area contributed by atoms with Crippen LogP contribution in [0.4, 0.5) is 5.69 Å². The Bertz CT molecular complexity index is 786. The summed E-state index contributed by atoms with van der Waals surface area (Å²) in [4.78, 5) is 0. The van der Waals surface area contributed by atoms with Crippen LogP contribution < -0.4 is 14.8 Å². The van der Waals surface area contributed by atoms with Crippen molar-refractivity contribution in [2.24, 2.45) is 5.10 Å². The first kappa shape index (κ1) is 18.1. The van der Waals surface area contributed by atoms with Crippen LogP contribution in [-0.2, 0) is 5.41 Å². The zero-order valence-electron chi connectivity index (χ0n) is 16.1. The molecule has 0 fully saturated rings. The van der Waals surface area contributed by atoms with E-state index in [1.807, 2.05) is 43.5 Å². The lowest BCUT2D eigenvalue weighted by molar-refractivity contribution is 0.409. The number of rotatable bonds is 5. The summed E-state index contributed by atoms with van der Waals surface area (Å²) in [6, 6.07) is 14.6. The van der Waals surface area contributed by atoms with Gasteiger partial charge in [-0.1, -0.05) is 19.1 Å². The number of anilines is 1. The lowest BCUT2D eigenvalue weighted by Gasteiger charge is -2.39. The fraction of sp³-hybridized carbons (Fsp3) is 0.381. The molecule has 0 saturated heterocycles. The summed E-state index contributed by atoms with van der Waals surface area (Å²) in [5.41, 5.74) is 3.35. The molecule has 2 aromatic rings. The molecule has 1 aliphatic heterocycles. The van der Waals surface area contributed by atoms with Crippen LogP contribution in [0.3, 0.4) is 0 Å². The summed E-state index contributed by atoms with van der Waals surface area (Å²) in [7, 11) is 7.26. The van der Waals surface area contributed by atoms with E-state index in [0.29, 0.717) is 0 Å². The third-order valence-corrected chi connectivity index (χ3v) is 4.89. The molecular weight excluding hydrogens is 326 g/mol. The van der Waals surface area contributed by atoms with Gasteiger partial charge in [0, 0.05) is 31.4 Å². The van der Waals surface area contributed by atoms with Crippen molar-refractivity contribution in [1.82, 2.24) is 5.01 Å². The Morgan fingerprint density at radius 2 is 1.73 bits per heavy atom. The van der Waals surface area contributed by atoms with Crippen LogP contribution in [0.5, 0.6) is 11.5 Å². The number of methoxy groups -OCH3 is 2. The summed E-state index contributed by atoms with van der Waals surface area (Å²) < 4.78 is 10.7. The SMILES string of the molecule is COc1ccc([C@@H]2C[C@](C)(/C=N/N(C)C)c3cc(OC)ccc3N2)cc1. The molecule has 0 aromatic heterocycles. The molecule has 0 saturated carbocycles. The van der Waals surface area contributed by atoms with Crippen LogP contribution in [0.25, 0.3) is 0 Å². The first-order valence-corrected chi connectivity index (χ1v) is 8.76. The number of ether oxygens (including phenoxy) is 2. The van der Waals surface area contributed by atoms with Crippen molar-refractivity contribution in [1.29, 1.82) is 0 Å². The maximum Gasteiger partial charge on any atom is 0.119 e. The van der Waals surface area contributed by atoms with Gasteiger partial charge in [-0.25, -0.2) is 0 Å². The van der Waals surface area contributed by atoms with Crippen molar-refractivity contribution in [3.05, 3.63) is 53.6 Å². The van der Waals surface area contributed by atoms with Crippen LogP contribution in [0.2, 0.25) is 0 Å². The highest BCUT2D eigenvalue weighted by Crippen LogP contribution is 2.44. The molecular formula is C21H27N3O2. The minimum atomic E-state index is -0.204. The average molecular weight is 353 g/mol. The molecule has 0 unspecified atom stereocenters. The second kappa shape index (κ2) is 7.28. The lowest BCUT2D eigenvalue weighted by atomic mass is 9.73. The van der Waals surface area contributed by atoms with Gasteiger partial charge in [0.05, 0.1) is 20.3 Å². The fourth-order valence-corrected chi connectivity index (χ4v) is 3.42. The quantitative estimate of drug-likeness (QED) is 0.650. The van der Waals surface area contributed by atoms with E-state index < -0.39 is 0 Å². The number of fused-ring (bicyclic) bond motifs is 1. The first-order valence-electron chi connectivity index (χ1n) is 8.76. The van der Waals surface area contributed by atoms with E-state index >= 15 is 0 Å². The van der Waals surface area contributed by atoms with E-state index in [-0.39, 0.29) is 11.5 Å². The second-order valence-corrected chi connectivity index (χ2v) is 7.09. The molecule has 0 amide bonds. The van der Waals surface area contributed by atoms with Crippen LogP contribution in [0, 0.1) is 0 Å². The number of nitrogens with zero attached hydrogens (tertiary/aromatic N) is 2. The maximum absolute atomic E-state index is 5.44. The normalized spacial score (nSPS) is 21.8. The molecule has 0 spiro atoms. The number of benzene rings is 2. The van der Waals surface area contributed by atoms with Crippen LogP contribution >= 0.6 is 0 Å². The minimum absolute atomic E-state index is 0.195. The predicted molar refractivity (Wildman–Crippen MR) is 106 cm³/mol. The Balaban J connectivity index is 2.01. The minimum Gasteiger partial charge on any atom is -0.497 e. The van der Waals surface area contributed by atoms with Gasteiger partial charge in [0.2, 0.25) is 0 Å². The zero-order chi connectivity index (χ0) is 18.7. The largest absolute Gasteiger partial charge is 0.497 e. The highest BCUT2D eigenvalue weighted by molar-refractivity contribution is 5.79. The summed E-state index contributed by atoms with van der Waals surface area (Å²) >= 11 is 0. The molecule has 0 aliphatic carbocycles. The molecule has 26 heavy (non-hydrogen) atoms. The molecule has 2 aromatic carbocycles. The van der Waals surface area contributed by atoms with Crippen molar-refractivity contribution in [2.75, 3.05) is 33.6 Å². The van der Waals surface area contributed by atoms with Gasteiger partial charge < -0.3 is 19.8 Å². The highest BCUT2D eigenvalue weighted by atomic mass is 16.5. The number of hydrogen-bond acceptors (Lipinski definition) is 5. The van der Waals surface area contributed by atoms with Crippen LogP contribution in [0.1, 0.15) is 30.5 Å². The van der Waals surface area contributed by atoms with Crippen molar-refractivity contribution in [3.8, 4) is 11.5 Å². The molecule has 5 heteroatoms. The third kappa shape index (κ3) is 3.62. The van der Waals surface area contributed by atoms with Gasteiger partial charge in [0.15, 0.2) is 0 Å². The Hall–Kier alpha value is -2.69. The molecule has 138 valence electrons. The van der Waals surface area contributed by atoms with Gasteiger partial charge >= 0.3 is 0 Å². The summed E-state index contributed by atoms with van der Waals surface area (Å²) in [5, 5.41) is 10.1. The lowest BCUT2D eigenvalue weighted by Crippen LogP contribution is -2.35. The fourth-order valence-electron chi connectivity index (χ4n) is 3.42. The zero-order valence-corrected chi connectivity index (χ0v) is 16.1. The number of nitrogens with one attached hydrogen (secondary N) is 1. The summed E-state index contributed by atoms with van der Waals surface area (Å²) in [5.74, 6) is 1.73. The number of hydrazone groups is 1. The molecule has 1 N–H and O–H groups in total. The Kier molecular flexibility index (Phi) is 5.07. The van der Waals surface area contributed by atoms with Crippen molar-refractivity contribution < 1.29 is 9.47 Å². The molecule has 0 bridgehead atoms. The standard InChI is InChI=1S/C21H27N3O2/c1-21(14-22-24(2)3)13-20(15-6-8-16(25-4)9-7-15)23-19-11-10-17(26-5)12-18(19)21/h6-12,14,20,23H,13H2,1-5H3/b22-14+/t20-,21+/m0/s1. The van der Waals surface area contributed by atoms with Crippen molar-refractivity contribution >= 4 is 11.9 Å². The van der Waals surface area contributed by atoms with E-state index in [4.69, 9.17) is 9.47 Å². The molecule has 2 atom stereocenters. The Labute approximate surface area is 155 Å². The Morgan fingerprint density at radius 1 is 1.08 bits per heavy atom. The van der Waals surface area contributed by atoms with E-state index in [1.165, 1.54) is 11.1 Å². The van der Waals surface area contributed by atoms with Crippen molar-refractivity contribution in [3.63, 3.8) is 0 Å². The monoisotopic (exact) mass is 353 g/mol. The smallest absolute Gasteiger partial charge is 0.119 e. The number of hydrogen-bond donors (Lipinski definition) is 1. The van der Waals surface area contributed by atoms with Gasteiger partial charge in [0.25, 0.3) is 0 Å². The van der Waals surface area contributed by atoms with Crippen molar-refractivity contribution in [2.45, 2.75) is 24.8 Å². The Morgan fingerprint density at radius 3 is 2.35 bits per heavy atom. The third-order valence-electron chi connectivity index (χ3n) is 4.89. The highest BCUT2D eigenvalue weighted by Gasteiger charge is 2.36. The predicted octanol–water partition coefficient (Wildman–Crippen LogP) is 4.07. The molecule has 1 aliphatic rings. The second-order valence-electron chi connectivity index (χ2n) is 7.09. The molecule has 3 rings (SSSR count). The average Bonchev–Trinajstić information content (AvgIpc) is 2.66. The van der Waals surface area contributed by atoms with Crippen LogP contribution in [0.15, 0.2) is 47.6 Å².